The van der Waals surface area contributed by atoms with E-state index in [1.807, 2.05) is 4.90 Å². The van der Waals surface area contributed by atoms with Crippen LogP contribution in [-0.4, -0.2) is 60.2 Å². The third kappa shape index (κ3) is 5.86. The van der Waals surface area contributed by atoms with Gasteiger partial charge >= 0.3 is 0 Å². The number of aliphatic hydroxyl groups is 1. The molecule has 1 saturated carbocycles. The zero-order valence-electron chi connectivity index (χ0n) is 16.8. The quantitative estimate of drug-likeness (QED) is 0.476. The molecule has 2 rings (SSSR count). The summed E-state index contributed by atoms with van der Waals surface area (Å²) in [6.45, 7) is 9.43. The van der Waals surface area contributed by atoms with Crippen molar-refractivity contribution in [3.05, 3.63) is 0 Å². The van der Waals surface area contributed by atoms with Gasteiger partial charge in [-0.05, 0) is 45.4 Å². The molecule has 26 heavy (non-hydrogen) atoms. The van der Waals surface area contributed by atoms with Crippen LogP contribution in [0.2, 0.25) is 0 Å². The smallest absolute Gasteiger partial charge is 0.225 e. The summed E-state index contributed by atoms with van der Waals surface area (Å²) in [6.07, 6.45) is 6.67. The molecular weight excluding hydrogens is 328 g/mol. The first-order chi connectivity index (χ1) is 12.6. The van der Waals surface area contributed by atoms with Gasteiger partial charge in [-0.25, -0.2) is 0 Å². The maximum absolute atomic E-state index is 12.5. The van der Waals surface area contributed by atoms with Crippen LogP contribution in [0.5, 0.6) is 0 Å². The fraction of sp³-hybridized carbons (Fsp3) is 0.900. The van der Waals surface area contributed by atoms with Crippen molar-refractivity contribution >= 4 is 11.9 Å². The maximum atomic E-state index is 12.5. The number of guanidine groups is 1. The summed E-state index contributed by atoms with van der Waals surface area (Å²) in [6, 6.07) is 0.354. The van der Waals surface area contributed by atoms with Crippen LogP contribution in [0.1, 0.15) is 65.7 Å². The van der Waals surface area contributed by atoms with E-state index < -0.39 is 0 Å². The monoisotopic (exact) mass is 366 g/mol. The van der Waals surface area contributed by atoms with Crippen molar-refractivity contribution in [2.75, 3.05) is 26.2 Å². The first-order valence-electron chi connectivity index (χ1n) is 10.6. The van der Waals surface area contributed by atoms with E-state index in [9.17, 15) is 9.90 Å². The Hall–Kier alpha value is -1.30. The molecule has 2 aliphatic rings. The van der Waals surface area contributed by atoms with Crippen LogP contribution < -0.4 is 10.6 Å². The standard InChI is InChI=1S/C20H38N4O2/c1-4-15(5-2)19(26)24-12-10-17(11-13-24)23-20(21-6-3)22-14-16-8-7-9-18(16)25/h15-18,25H,4-14H2,1-3H3,(H2,21,22,23). The molecule has 2 unspecified atom stereocenters. The highest BCUT2D eigenvalue weighted by Gasteiger charge is 2.27. The van der Waals surface area contributed by atoms with Crippen molar-refractivity contribution in [1.29, 1.82) is 0 Å². The lowest BCUT2D eigenvalue weighted by Gasteiger charge is -2.35. The molecule has 0 radical (unpaired) electrons. The first kappa shape index (κ1) is 21.0. The second-order valence-electron chi connectivity index (χ2n) is 7.74. The minimum Gasteiger partial charge on any atom is -0.393 e. The number of hydrogen-bond acceptors (Lipinski definition) is 3. The fourth-order valence-electron chi connectivity index (χ4n) is 4.09. The van der Waals surface area contributed by atoms with Crippen molar-refractivity contribution in [2.24, 2.45) is 16.8 Å². The molecule has 6 nitrogen and oxygen atoms in total. The van der Waals surface area contributed by atoms with Gasteiger partial charge in [0.25, 0.3) is 0 Å². The predicted molar refractivity (Wildman–Crippen MR) is 106 cm³/mol. The van der Waals surface area contributed by atoms with Gasteiger partial charge in [0.15, 0.2) is 5.96 Å². The van der Waals surface area contributed by atoms with Crippen molar-refractivity contribution in [2.45, 2.75) is 77.9 Å². The second kappa shape index (κ2) is 10.8. The fourth-order valence-corrected chi connectivity index (χ4v) is 4.09. The molecule has 2 fully saturated rings. The van der Waals surface area contributed by atoms with Crippen LogP contribution in [0.15, 0.2) is 4.99 Å². The molecule has 0 aromatic carbocycles. The van der Waals surface area contributed by atoms with Gasteiger partial charge in [0.05, 0.1) is 6.10 Å². The summed E-state index contributed by atoms with van der Waals surface area (Å²) >= 11 is 0. The molecule has 0 spiro atoms. The van der Waals surface area contributed by atoms with E-state index in [-0.39, 0.29) is 12.0 Å². The van der Waals surface area contributed by atoms with Crippen molar-refractivity contribution < 1.29 is 9.90 Å². The average Bonchev–Trinajstić information content (AvgIpc) is 3.06. The summed E-state index contributed by atoms with van der Waals surface area (Å²) in [7, 11) is 0. The summed E-state index contributed by atoms with van der Waals surface area (Å²) in [5.74, 6) is 1.64. The van der Waals surface area contributed by atoms with Gasteiger partial charge in [0.1, 0.15) is 0 Å². The number of nitrogens with one attached hydrogen (secondary N) is 2. The van der Waals surface area contributed by atoms with Gasteiger partial charge in [0.2, 0.25) is 5.91 Å². The van der Waals surface area contributed by atoms with E-state index >= 15 is 0 Å². The second-order valence-corrected chi connectivity index (χ2v) is 7.74. The average molecular weight is 367 g/mol. The molecule has 1 saturated heterocycles. The van der Waals surface area contributed by atoms with E-state index in [0.29, 0.717) is 24.4 Å². The van der Waals surface area contributed by atoms with Crippen molar-refractivity contribution in [1.82, 2.24) is 15.5 Å². The molecule has 0 aromatic heterocycles. The van der Waals surface area contributed by atoms with Gasteiger partial charge < -0.3 is 20.6 Å². The predicted octanol–water partition coefficient (Wildman–Crippen LogP) is 2.13. The summed E-state index contributed by atoms with van der Waals surface area (Å²) in [5, 5.41) is 16.8. The van der Waals surface area contributed by atoms with Crippen LogP contribution >= 0.6 is 0 Å². The number of hydrogen-bond donors (Lipinski definition) is 3. The van der Waals surface area contributed by atoms with Gasteiger partial charge in [0, 0.05) is 44.1 Å². The summed E-state index contributed by atoms with van der Waals surface area (Å²) in [4.78, 5) is 19.3. The van der Waals surface area contributed by atoms with Gasteiger partial charge in [-0.2, -0.15) is 0 Å². The number of likely N-dealkylation sites (tertiary alicyclic amines) is 1. The molecule has 1 amide bonds. The zero-order chi connectivity index (χ0) is 18.9. The van der Waals surface area contributed by atoms with Crippen LogP contribution in [-0.2, 0) is 4.79 Å². The maximum Gasteiger partial charge on any atom is 0.225 e. The third-order valence-electron chi connectivity index (χ3n) is 5.93. The Morgan fingerprint density at radius 1 is 1.15 bits per heavy atom. The van der Waals surface area contributed by atoms with E-state index in [1.165, 1.54) is 0 Å². The molecular formula is C20H38N4O2. The van der Waals surface area contributed by atoms with Crippen LogP contribution in [0.4, 0.5) is 0 Å². The normalized spacial score (nSPS) is 25.0. The number of nitrogens with zero attached hydrogens (tertiary/aromatic N) is 2. The molecule has 0 bridgehead atoms. The number of aliphatic hydroxyl groups excluding tert-OH is 1. The number of aliphatic imine (C=N–C) groups is 1. The Morgan fingerprint density at radius 2 is 1.85 bits per heavy atom. The Bertz CT molecular complexity index is 457. The number of carbonyl (C=O) groups excluding carboxylic acids is 1. The van der Waals surface area contributed by atoms with E-state index in [4.69, 9.17) is 4.99 Å². The summed E-state index contributed by atoms with van der Waals surface area (Å²) < 4.78 is 0. The number of carbonyl (C=O) groups is 1. The van der Waals surface area contributed by atoms with Gasteiger partial charge in [-0.3, -0.25) is 9.79 Å². The van der Waals surface area contributed by atoms with Crippen LogP contribution in [0.25, 0.3) is 0 Å². The van der Waals surface area contributed by atoms with Crippen LogP contribution in [0.3, 0.4) is 0 Å². The molecule has 3 N–H and O–H groups in total. The number of rotatable bonds is 7. The number of amides is 1. The molecule has 1 aliphatic heterocycles. The Labute approximate surface area is 158 Å². The third-order valence-corrected chi connectivity index (χ3v) is 5.93. The molecule has 0 aromatic rings. The van der Waals surface area contributed by atoms with E-state index in [0.717, 1.165) is 70.5 Å². The van der Waals surface area contributed by atoms with Crippen molar-refractivity contribution in [3.8, 4) is 0 Å². The largest absolute Gasteiger partial charge is 0.393 e. The molecule has 1 aliphatic carbocycles. The lowest BCUT2D eigenvalue weighted by Crippen LogP contribution is -2.50. The highest BCUT2D eigenvalue weighted by molar-refractivity contribution is 5.80. The Kier molecular flexibility index (Phi) is 8.69. The van der Waals surface area contributed by atoms with Crippen LogP contribution in [0, 0.1) is 11.8 Å². The minimum absolute atomic E-state index is 0.177. The molecule has 150 valence electrons. The van der Waals surface area contributed by atoms with E-state index in [2.05, 4.69) is 31.4 Å². The molecule has 2 atom stereocenters. The van der Waals surface area contributed by atoms with E-state index in [1.54, 1.807) is 0 Å². The zero-order valence-corrected chi connectivity index (χ0v) is 16.8. The Balaban J connectivity index is 1.82. The highest BCUT2D eigenvalue weighted by Crippen LogP contribution is 2.25. The molecule has 1 heterocycles. The topological polar surface area (TPSA) is 77.0 Å². The first-order valence-corrected chi connectivity index (χ1v) is 10.6. The number of piperidine rings is 1. The minimum atomic E-state index is -0.194. The van der Waals surface area contributed by atoms with Gasteiger partial charge in [-0.1, -0.05) is 20.3 Å². The lowest BCUT2D eigenvalue weighted by atomic mass is 9.98. The Morgan fingerprint density at radius 3 is 2.38 bits per heavy atom. The highest BCUT2D eigenvalue weighted by atomic mass is 16.3. The molecule has 6 heteroatoms. The van der Waals surface area contributed by atoms with Gasteiger partial charge in [-0.15, -0.1) is 0 Å². The SMILES string of the molecule is CCNC(=NCC1CCCC1O)NC1CCN(C(=O)C(CC)CC)CC1. The lowest BCUT2D eigenvalue weighted by molar-refractivity contribution is -0.136. The van der Waals surface area contributed by atoms with Crippen molar-refractivity contribution in [3.63, 3.8) is 0 Å². The summed E-state index contributed by atoms with van der Waals surface area (Å²) in [5.41, 5.74) is 0.